The molecule has 1 N–H and O–H groups in total. The van der Waals surface area contributed by atoms with Crippen LogP contribution in [0, 0.1) is 24.1 Å². The molecule has 0 saturated carbocycles. The van der Waals surface area contributed by atoms with Crippen molar-refractivity contribution in [3.63, 3.8) is 0 Å². The van der Waals surface area contributed by atoms with Gasteiger partial charge in [0.15, 0.2) is 0 Å². The van der Waals surface area contributed by atoms with Crippen LogP contribution in [0.3, 0.4) is 0 Å². The number of aryl methyl sites for hydroxylation is 1. The largest absolute Gasteiger partial charge is 0.463 e. The SMILES string of the molecule is Cc1cc(NC(=O)c2coc3cc(F)c(N4CC(C)N(C)C(C)C4)cc23)cnc1-c1ccc(C#N)cc1.Cl. The second kappa shape index (κ2) is 10.8. The fourth-order valence-electron chi connectivity index (χ4n) is 4.90. The zero-order valence-electron chi connectivity index (χ0n) is 21.7. The number of benzene rings is 2. The van der Waals surface area contributed by atoms with E-state index < -0.39 is 0 Å². The maximum Gasteiger partial charge on any atom is 0.259 e. The molecule has 5 rings (SSSR count). The van der Waals surface area contributed by atoms with Crippen LogP contribution in [0.15, 0.2) is 59.3 Å². The lowest BCUT2D eigenvalue weighted by Gasteiger charge is -2.43. The number of halogens is 2. The van der Waals surface area contributed by atoms with Crippen molar-refractivity contribution in [2.24, 2.45) is 0 Å². The van der Waals surface area contributed by atoms with Gasteiger partial charge in [-0.3, -0.25) is 14.7 Å². The summed E-state index contributed by atoms with van der Waals surface area (Å²) in [6.07, 6.45) is 2.96. The van der Waals surface area contributed by atoms with Crippen LogP contribution < -0.4 is 10.2 Å². The number of pyridine rings is 1. The molecule has 0 aliphatic carbocycles. The van der Waals surface area contributed by atoms with Crippen molar-refractivity contribution in [1.82, 2.24) is 9.88 Å². The number of anilines is 2. The van der Waals surface area contributed by atoms with Crippen LogP contribution in [0.2, 0.25) is 0 Å². The molecule has 0 bridgehead atoms. The minimum Gasteiger partial charge on any atom is -0.463 e. The minimum atomic E-state index is -0.365. The first-order chi connectivity index (χ1) is 17.7. The minimum absolute atomic E-state index is 0. The van der Waals surface area contributed by atoms with Crippen LogP contribution in [0.4, 0.5) is 15.8 Å². The first-order valence-electron chi connectivity index (χ1n) is 12.2. The van der Waals surface area contributed by atoms with Crippen molar-refractivity contribution >= 4 is 40.7 Å². The number of rotatable bonds is 4. The first kappa shape index (κ1) is 27.1. The molecule has 1 aliphatic heterocycles. The number of fused-ring (bicyclic) bond motifs is 1. The van der Waals surface area contributed by atoms with Crippen LogP contribution in [-0.2, 0) is 0 Å². The fraction of sp³-hybridized carbons (Fsp3) is 0.276. The summed E-state index contributed by atoms with van der Waals surface area (Å²) in [4.78, 5) is 22.0. The zero-order valence-corrected chi connectivity index (χ0v) is 22.5. The van der Waals surface area contributed by atoms with Gasteiger partial charge >= 0.3 is 0 Å². The second-order valence-corrected chi connectivity index (χ2v) is 9.75. The van der Waals surface area contributed by atoms with Crippen molar-refractivity contribution in [1.29, 1.82) is 5.26 Å². The van der Waals surface area contributed by atoms with Gasteiger partial charge in [0.1, 0.15) is 17.7 Å². The Bertz CT molecular complexity index is 1520. The van der Waals surface area contributed by atoms with E-state index in [0.29, 0.717) is 46.6 Å². The highest BCUT2D eigenvalue weighted by Gasteiger charge is 2.29. The predicted octanol–water partition coefficient (Wildman–Crippen LogP) is 6.02. The Hall–Kier alpha value is -3.93. The van der Waals surface area contributed by atoms with E-state index >= 15 is 4.39 Å². The summed E-state index contributed by atoms with van der Waals surface area (Å²) in [5.41, 5.74) is 4.79. The standard InChI is InChI=1S/C29H28FN5O2.ClH/c1-17-9-22(13-32-28(17)21-7-5-20(12-31)6-8-21)33-29(36)24-16-37-27-11-25(30)26(10-23(24)27)35-14-18(2)34(4)19(3)15-35;/h5-11,13,16,18-19H,14-15H2,1-4H3,(H,33,36);1H. The smallest absolute Gasteiger partial charge is 0.259 e. The van der Waals surface area contributed by atoms with Crippen LogP contribution in [0.1, 0.15) is 35.3 Å². The van der Waals surface area contributed by atoms with Gasteiger partial charge in [-0.05, 0) is 57.6 Å². The van der Waals surface area contributed by atoms with E-state index in [9.17, 15) is 4.79 Å². The molecule has 1 aliphatic rings. The number of aromatic nitrogens is 1. The van der Waals surface area contributed by atoms with E-state index in [1.165, 1.54) is 12.3 Å². The molecular weight excluding hydrogens is 505 g/mol. The molecular formula is C29H29ClFN5O2. The number of nitrogens with zero attached hydrogens (tertiary/aromatic N) is 4. The van der Waals surface area contributed by atoms with Crippen molar-refractivity contribution in [2.75, 3.05) is 30.4 Å². The fourth-order valence-corrected chi connectivity index (χ4v) is 4.90. The summed E-state index contributed by atoms with van der Waals surface area (Å²) in [6, 6.07) is 14.8. The normalized spacial score (nSPS) is 17.6. The Balaban J connectivity index is 0.00000336. The molecule has 2 aromatic heterocycles. The van der Waals surface area contributed by atoms with E-state index in [1.807, 2.05) is 30.0 Å². The Morgan fingerprint density at radius 1 is 1.16 bits per heavy atom. The van der Waals surface area contributed by atoms with Crippen LogP contribution in [-0.4, -0.2) is 48.0 Å². The summed E-state index contributed by atoms with van der Waals surface area (Å²) >= 11 is 0. The number of likely N-dealkylation sites (N-methyl/N-ethyl adjacent to an activating group) is 1. The van der Waals surface area contributed by atoms with Gasteiger partial charge in [0, 0.05) is 42.2 Å². The number of carbonyl (C=O) groups is 1. The first-order valence-corrected chi connectivity index (χ1v) is 12.2. The third-order valence-corrected chi connectivity index (χ3v) is 7.21. The number of carbonyl (C=O) groups excluding carboxylic acids is 1. The highest BCUT2D eigenvalue weighted by atomic mass is 35.5. The van der Waals surface area contributed by atoms with Crippen molar-refractivity contribution in [3.05, 3.63) is 77.4 Å². The van der Waals surface area contributed by atoms with Gasteiger partial charge in [0.05, 0.1) is 40.5 Å². The molecule has 1 saturated heterocycles. The van der Waals surface area contributed by atoms with Crippen LogP contribution in [0.25, 0.3) is 22.2 Å². The van der Waals surface area contributed by atoms with Gasteiger partial charge in [-0.1, -0.05) is 12.1 Å². The average molecular weight is 534 g/mol. The van der Waals surface area contributed by atoms with Crippen molar-refractivity contribution in [3.8, 4) is 17.3 Å². The summed E-state index contributed by atoms with van der Waals surface area (Å²) in [7, 11) is 2.08. The highest BCUT2D eigenvalue weighted by Crippen LogP contribution is 2.32. The van der Waals surface area contributed by atoms with Gasteiger partial charge < -0.3 is 14.6 Å². The van der Waals surface area contributed by atoms with E-state index in [0.717, 1.165) is 16.8 Å². The molecule has 3 heterocycles. The molecule has 1 fully saturated rings. The number of hydrogen-bond donors (Lipinski definition) is 1. The molecule has 4 aromatic rings. The van der Waals surface area contributed by atoms with E-state index in [1.54, 1.807) is 24.4 Å². The average Bonchev–Trinajstić information content (AvgIpc) is 3.29. The van der Waals surface area contributed by atoms with E-state index in [-0.39, 0.29) is 36.2 Å². The molecule has 196 valence electrons. The lowest BCUT2D eigenvalue weighted by molar-refractivity contribution is 0.102. The summed E-state index contributed by atoms with van der Waals surface area (Å²) in [5.74, 6) is -0.722. The number of hydrogen-bond acceptors (Lipinski definition) is 6. The van der Waals surface area contributed by atoms with E-state index in [4.69, 9.17) is 9.68 Å². The topological polar surface area (TPSA) is 85.4 Å². The Morgan fingerprint density at radius 2 is 1.84 bits per heavy atom. The number of furan rings is 1. The monoisotopic (exact) mass is 533 g/mol. The summed E-state index contributed by atoms with van der Waals surface area (Å²) in [6.45, 7) is 7.55. The van der Waals surface area contributed by atoms with Crippen molar-refractivity contribution in [2.45, 2.75) is 32.9 Å². The molecule has 1 amide bonds. The lowest BCUT2D eigenvalue weighted by Crippen LogP contribution is -2.55. The van der Waals surface area contributed by atoms with Crippen molar-refractivity contribution < 1.29 is 13.6 Å². The summed E-state index contributed by atoms with van der Waals surface area (Å²) in [5, 5.41) is 12.5. The highest BCUT2D eigenvalue weighted by molar-refractivity contribution is 6.12. The number of amides is 1. The zero-order chi connectivity index (χ0) is 26.3. The van der Waals surface area contributed by atoms with Crippen LogP contribution >= 0.6 is 12.4 Å². The third-order valence-electron chi connectivity index (χ3n) is 7.21. The molecule has 9 heteroatoms. The molecule has 7 nitrogen and oxygen atoms in total. The van der Waals surface area contributed by atoms with E-state index in [2.05, 4.69) is 42.2 Å². The second-order valence-electron chi connectivity index (χ2n) is 9.75. The lowest BCUT2D eigenvalue weighted by atomic mass is 10.0. The Labute approximate surface area is 227 Å². The number of nitriles is 1. The third kappa shape index (κ3) is 5.08. The van der Waals surface area contributed by atoms with Crippen LogP contribution in [0.5, 0.6) is 0 Å². The number of nitrogens with one attached hydrogen (secondary N) is 1. The molecule has 0 spiro atoms. The Morgan fingerprint density at radius 3 is 2.47 bits per heavy atom. The van der Waals surface area contributed by atoms with Gasteiger partial charge in [-0.25, -0.2) is 4.39 Å². The van der Waals surface area contributed by atoms with Gasteiger partial charge in [0.2, 0.25) is 0 Å². The molecule has 0 radical (unpaired) electrons. The molecule has 2 unspecified atom stereocenters. The molecule has 2 aromatic carbocycles. The Kier molecular flexibility index (Phi) is 7.72. The molecule has 2 atom stereocenters. The van der Waals surface area contributed by atoms with Gasteiger partial charge in [0.25, 0.3) is 5.91 Å². The van der Waals surface area contributed by atoms with Gasteiger partial charge in [-0.15, -0.1) is 12.4 Å². The maximum absolute atomic E-state index is 15.0. The number of piperazine rings is 1. The quantitative estimate of drug-likeness (QED) is 0.345. The maximum atomic E-state index is 15.0. The molecule has 38 heavy (non-hydrogen) atoms. The summed E-state index contributed by atoms with van der Waals surface area (Å²) < 4.78 is 20.6. The predicted molar refractivity (Wildman–Crippen MR) is 149 cm³/mol. The van der Waals surface area contributed by atoms with Gasteiger partial charge in [-0.2, -0.15) is 5.26 Å².